The molecule has 0 fully saturated rings. The first kappa shape index (κ1) is 11.9. The SMILES string of the molecule is Cc1ccc(-c2nc3cc(C)c(C)cc3[nH]2)c(F)c1. The van der Waals surface area contributed by atoms with Crippen LogP contribution in [0.1, 0.15) is 16.7 Å². The minimum Gasteiger partial charge on any atom is -0.338 e. The molecular weight excluding hydrogens is 239 g/mol. The van der Waals surface area contributed by atoms with E-state index >= 15 is 0 Å². The third kappa shape index (κ3) is 2.01. The number of aromatic nitrogens is 2. The summed E-state index contributed by atoms with van der Waals surface area (Å²) in [5.41, 5.74) is 5.62. The van der Waals surface area contributed by atoms with Gasteiger partial charge in [-0.1, -0.05) is 6.07 Å². The van der Waals surface area contributed by atoms with Crippen molar-refractivity contribution in [2.45, 2.75) is 20.8 Å². The summed E-state index contributed by atoms with van der Waals surface area (Å²) in [6.45, 7) is 5.98. The maximum atomic E-state index is 14.0. The number of aromatic amines is 1. The lowest BCUT2D eigenvalue weighted by molar-refractivity contribution is 0.629. The predicted molar refractivity (Wildman–Crippen MR) is 75.7 cm³/mol. The number of imidazole rings is 1. The van der Waals surface area contributed by atoms with Gasteiger partial charge in [-0.15, -0.1) is 0 Å². The van der Waals surface area contributed by atoms with Gasteiger partial charge in [0.2, 0.25) is 0 Å². The van der Waals surface area contributed by atoms with E-state index in [9.17, 15) is 4.39 Å². The van der Waals surface area contributed by atoms with E-state index in [4.69, 9.17) is 0 Å². The second-order valence-corrected chi connectivity index (χ2v) is 5.02. The van der Waals surface area contributed by atoms with E-state index in [0.717, 1.165) is 16.6 Å². The molecule has 0 amide bonds. The summed E-state index contributed by atoms with van der Waals surface area (Å²) < 4.78 is 14.0. The smallest absolute Gasteiger partial charge is 0.141 e. The van der Waals surface area contributed by atoms with Gasteiger partial charge in [0.25, 0.3) is 0 Å². The van der Waals surface area contributed by atoms with E-state index in [1.54, 1.807) is 6.07 Å². The van der Waals surface area contributed by atoms with Crippen molar-refractivity contribution in [3.8, 4) is 11.4 Å². The molecule has 3 heteroatoms. The Bertz CT molecular complexity index is 733. The lowest BCUT2D eigenvalue weighted by Gasteiger charge is -2.00. The first-order valence-corrected chi connectivity index (χ1v) is 6.28. The van der Waals surface area contributed by atoms with Gasteiger partial charge in [-0.3, -0.25) is 0 Å². The molecule has 0 saturated carbocycles. The van der Waals surface area contributed by atoms with Crippen LogP contribution >= 0.6 is 0 Å². The quantitative estimate of drug-likeness (QED) is 0.689. The fourth-order valence-electron chi connectivity index (χ4n) is 2.21. The van der Waals surface area contributed by atoms with Gasteiger partial charge in [-0.05, 0) is 61.7 Å². The van der Waals surface area contributed by atoms with E-state index in [-0.39, 0.29) is 5.82 Å². The highest BCUT2D eigenvalue weighted by atomic mass is 19.1. The first-order chi connectivity index (χ1) is 9.04. The highest BCUT2D eigenvalue weighted by Gasteiger charge is 2.10. The van der Waals surface area contributed by atoms with Gasteiger partial charge >= 0.3 is 0 Å². The molecule has 0 spiro atoms. The highest BCUT2D eigenvalue weighted by molar-refractivity contribution is 5.81. The van der Waals surface area contributed by atoms with Crippen LogP contribution in [-0.2, 0) is 0 Å². The molecule has 0 aliphatic heterocycles. The van der Waals surface area contributed by atoms with Gasteiger partial charge in [0.15, 0.2) is 0 Å². The van der Waals surface area contributed by atoms with Crippen LogP contribution in [0.15, 0.2) is 30.3 Å². The van der Waals surface area contributed by atoms with Crippen LogP contribution in [0.4, 0.5) is 4.39 Å². The molecule has 0 aliphatic carbocycles. The van der Waals surface area contributed by atoms with Crippen LogP contribution in [0.25, 0.3) is 22.4 Å². The number of nitrogens with zero attached hydrogens (tertiary/aromatic N) is 1. The topological polar surface area (TPSA) is 28.7 Å². The largest absolute Gasteiger partial charge is 0.338 e. The lowest BCUT2D eigenvalue weighted by Crippen LogP contribution is -1.87. The van der Waals surface area contributed by atoms with Gasteiger partial charge in [0.1, 0.15) is 11.6 Å². The molecule has 2 aromatic carbocycles. The van der Waals surface area contributed by atoms with Crippen molar-refractivity contribution < 1.29 is 4.39 Å². The van der Waals surface area contributed by atoms with Crippen molar-refractivity contribution in [1.82, 2.24) is 9.97 Å². The Morgan fingerprint density at radius 3 is 2.47 bits per heavy atom. The summed E-state index contributed by atoms with van der Waals surface area (Å²) >= 11 is 0. The number of nitrogens with one attached hydrogen (secondary N) is 1. The van der Waals surface area contributed by atoms with Gasteiger partial charge in [-0.25, -0.2) is 9.37 Å². The molecular formula is C16H15FN2. The van der Waals surface area contributed by atoms with Gasteiger partial charge in [0.05, 0.1) is 16.6 Å². The zero-order valence-electron chi connectivity index (χ0n) is 11.2. The van der Waals surface area contributed by atoms with Crippen molar-refractivity contribution in [1.29, 1.82) is 0 Å². The van der Waals surface area contributed by atoms with Crippen molar-refractivity contribution in [3.05, 3.63) is 52.8 Å². The zero-order chi connectivity index (χ0) is 13.6. The van der Waals surface area contributed by atoms with Crippen molar-refractivity contribution in [2.75, 3.05) is 0 Å². The van der Waals surface area contributed by atoms with Crippen molar-refractivity contribution in [2.24, 2.45) is 0 Å². The van der Waals surface area contributed by atoms with E-state index in [1.165, 1.54) is 17.2 Å². The standard InChI is InChI=1S/C16H15FN2/c1-9-4-5-12(13(17)6-9)16-18-14-7-10(2)11(3)8-15(14)19-16/h4-8H,1-3H3,(H,18,19). The maximum Gasteiger partial charge on any atom is 0.141 e. The normalized spacial score (nSPS) is 11.2. The minimum absolute atomic E-state index is 0.243. The molecule has 0 aliphatic rings. The van der Waals surface area contributed by atoms with Crippen LogP contribution in [-0.4, -0.2) is 9.97 Å². The average molecular weight is 254 g/mol. The Hall–Kier alpha value is -2.16. The molecule has 2 nitrogen and oxygen atoms in total. The van der Waals surface area contributed by atoms with E-state index in [2.05, 4.69) is 23.8 Å². The van der Waals surface area contributed by atoms with Crippen LogP contribution < -0.4 is 0 Å². The number of hydrogen-bond acceptors (Lipinski definition) is 1. The van der Waals surface area contributed by atoms with Crippen molar-refractivity contribution >= 4 is 11.0 Å². The Balaban J connectivity index is 2.20. The number of halogens is 1. The van der Waals surface area contributed by atoms with Gasteiger partial charge in [0, 0.05) is 0 Å². The second kappa shape index (κ2) is 4.19. The molecule has 3 rings (SSSR count). The summed E-state index contributed by atoms with van der Waals surface area (Å²) in [5.74, 6) is 0.338. The van der Waals surface area contributed by atoms with Crippen molar-refractivity contribution in [3.63, 3.8) is 0 Å². The average Bonchev–Trinajstić information content (AvgIpc) is 2.72. The Labute approximate surface area is 111 Å². The van der Waals surface area contributed by atoms with Crippen LogP contribution in [0, 0.1) is 26.6 Å². The number of benzene rings is 2. The Morgan fingerprint density at radius 1 is 1.00 bits per heavy atom. The number of H-pyrrole nitrogens is 1. The molecule has 0 atom stereocenters. The summed E-state index contributed by atoms with van der Waals surface area (Å²) in [6, 6.07) is 9.26. The molecule has 96 valence electrons. The van der Waals surface area contributed by atoms with E-state index in [1.807, 2.05) is 25.1 Å². The minimum atomic E-state index is -0.243. The fourth-order valence-corrected chi connectivity index (χ4v) is 2.21. The summed E-state index contributed by atoms with van der Waals surface area (Å²) in [7, 11) is 0. The number of hydrogen-bond donors (Lipinski definition) is 1. The molecule has 1 aromatic heterocycles. The summed E-state index contributed by atoms with van der Waals surface area (Å²) in [4.78, 5) is 7.67. The summed E-state index contributed by atoms with van der Waals surface area (Å²) in [6.07, 6.45) is 0. The zero-order valence-corrected chi connectivity index (χ0v) is 11.2. The highest BCUT2D eigenvalue weighted by Crippen LogP contribution is 2.25. The molecule has 0 unspecified atom stereocenters. The molecule has 19 heavy (non-hydrogen) atoms. The molecule has 1 N–H and O–H groups in total. The third-order valence-electron chi connectivity index (χ3n) is 3.48. The van der Waals surface area contributed by atoms with Gasteiger partial charge in [-0.2, -0.15) is 0 Å². The van der Waals surface area contributed by atoms with Gasteiger partial charge < -0.3 is 4.98 Å². The predicted octanol–water partition coefficient (Wildman–Crippen LogP) is 4.29. The van der Waals surface area contributed by atoms with E-state index < -0.39 is 0 Å². The van der Waals surface area contributed by atoms with Crippen LogP contribution in [0.3, 0.4) is 0 Å². The Kier molecular flexibility index (Phi) is 2.63. The lowest BCUT2D eigenvalue weighted by atomic mass is 10.1. The Morgan fingerprint density at radius 2 is 1.74 bits per heavy atom. The third-order valence-corrected chi connectivity index (χ3v) is 3.48. The number of rotatable bonds is 1. The fraction of sp³-hybridized carbons (Fsp3) is 0.188. The maximum absolute atomic E-state index is 14.0. The first-order valence-electron chi connectivity index (χ1n) is 6.28. The molecule has 0 radical (unpaired) electrons. The molecule has 0 saturated heterocycles. The summed E-state index contributed by atoms with van der Waals surface area (Å²) in [5, 5.41) is 0. The molecule has 0 bridgehead atoms. The van der Waals surface area contributed by atoms with E-state index in [0.29, 0.717) is 11.4 Å². The monoisotopic (exact) mass is 254 g/mol. The molecule has 3 aromatic rings. The van der Waals surface area contributed by atoms with Crippen LogP contribution in [0.2, 0.25) is 0 Å². The number of fused-ring (bicyclic) bond motifs is 1. The molecule has 1 heterocycles. The van der Waals surface area contributed by atoms with Crippen LogP contribution in [0.5, 0.6) is 0 Å². The number of aryl methyl sites for hydroxylation is 3. The second-order valence-electron chi connectivity index (χ2n) is 5.02.